The first-order valence-corrected chi connectivity index (χ1v) is 6.62. The molecule has 1 rings (SSSR count). The molecule has 0 N–H and O–H groups in total. The van der Waals surface area contributed by atoms with Crippen molar-refractivity contribution >= 4 is 43.5 Å². The maximum atomic E-state index is 11.7. The minimum Gasteiger partial charge on any atom is -0.462 e. The zero-order valence-electron chi connectivity index (χ0n) is 8.91. The zero-order chi connectivity index (χ0) is 13.0. The molecule has 0 spiro atoms. The molecule has 0 heterocycles. The van der Waals surface area contributed by atoms with Crippen LogP contribution in [0.5, 0.6) is 0 Å². The van der Waals surface area contributed by atoms with Crippen LogP contribution in [0.15, 0.2) is 16.6 Å². The number of halogens is 2. The molecule has 17 heavy (non-hydrogen) atoms. The largest absolute Gasteiger partial charge is 0.462 e. The van der Waals surface area contributed by atoms with Crippen LogP contribution in [0.1, 0.15) is 22.8 Å². The molecule has 0 saturated carbocycles. The van der Waals surface area contributed by atoms with Gasteiger partial charge in [-0.15, -0.1) is 0 Å². The Morgan fingerprint density at radius 3 is 2.65 bits per heavy atom. The first kappa shape index (κ1) is 14.1. The van der Waals surface area contributed by atoms with Crippen molar-refractivity contribution in [2.45, 2.75) is 12.3 Å². The lowest BCUT2D eigenvalue weighted by molar-refractivity contribution is -0.385. The van der Waals surface area contributed by atoms with Gasteiger partial charge >= 0.3 is 5.97 Å². The maximum Gasteiger partial charge on any atom is 0.338 e. The second kappa shape index (κ2) is 6.11. The maximum absolute atomic E-state index is 11.7. The second-order valence-corrected chi connectivity index (χ2v) is 4.54. The average molecular weight is 367 g/mol. The second-order valence-electron chi connectivity index (χ2n) is 3.06. The molecule has 0 aliphatic carbocycles. The highest BCUT2D eigenvalue weighted by atomic mass is 79.9. The highest BCUT2D eigenvalue weighted by molar-refractivity contribution is 9.10. The third-order valence-electron chi connectivity index (χ3n) is 2.02. The molecule has 5 nitrogen and oxygen atoms in total. The number of nitro groups is 1. The van der Waals surface area contributed by atoms with Crippen molar-refractivity contribution in [2.75, 3.05) is 6.61 Å². The number of nitrogens with zero attached hydrogens (tertiary/aromatic N) is 1. The lowest BCUT2D eigenvalue weighted by atomic mass is 10.1. The molecule has 0 fully saturated rings. The van der Waals surface area contributed by atoms with E-state index >= 15 is 0 Å². The number of carbonyl (C=O) groups is 1. The number of alkyl halides is 1. The highest BCUT2D eigenvalue weighted by Crippen LogP contribution is 2.29. The molecule has 0 saturated heterocycles. The van der Waals surface area contributed by atoms with Crippen LogP contribution in [-0.2, 0) is 10.1 Å². The normalized spacial score (nSPS) is 10.1. The van der Waals surface area contributed by atoms with E-state index in [1.54, 1.807) is 6.92 Å². The molecule has 92 valence electrons. The van der Waals surface area contributed by atoms with Gasteiger partial charge < -0.3 is 4.74 Å². The van der Waals surface area contributed by atoms with E-state index in [-0.39, 0.29) is 23.2 Å². The summed E-state index contributed by atoms with van der Waals surface area (Å²) in [6.07, 6.45) is 0. The minimum absolute atomic E-state index is 0.112. The molecule has 0 unspecified atom stereocenters. The first-order chi connectivity index (χ1) is 8.01. The summed E-state index contributed by atoms with van der Waals surface area (Å²) in [7, 11) is 0. The Balaban J connectivity index is 3.37. The number of ether oxygens (including phenoxy) is 1. The summed E-state index contributed by atoms with van der Waals surface area (Å²) in [5.41, 5.74) is 0.403. The third-order valence-corrected chi connectivity index (χ3v) is 3.04. The third kappa shape index (κ3) is 3.26. The first-order valence-electron chi connectivity index (χ1n) is 4.71. The van der Waals surface area contributed by atoms with Crippen LogP contribution in [0.2, 0.25) is 0 Å². The van der Waals surface area contributed by atoms with Gasteiger partial charge in [-0.05, 0) is 13.0 Å². The van der Waals surface area contributed by atoms with E-state index in [0.717, 1.165) is 0 Å². The van der Waals surface area contributed by atoms with Crippen LogP contribution >= 0.6 is 31.9 Å². The quantitative estimate of drug-likeness (QED) is 0.354. The molecular weight excluding hydrogens is 358 g/mol. The van der Waals surface area contributed by atoms with E-state index in [1.165, 1.54) is 12.1 Å². The van der Waals surface area contributed by atoms with E-state index < -0.39 is 10.9 Å². The Kier molecular flexibility index (Phi) is 5.07. The molecule has 0 aliphatic heterocycles. The molecule has 0 bridgehead atoms. The van der Waals surface area contributed by atoms with Gasteiger partial charge in [0.1, 0.15) is 0 Å². The van der Waals surface area contributed by atoms with Gasteiger partial charge in [0.2, 0.25) is 0 Å². The SMILES string of the molecule is CCOC(=O)c1cc(Br)cc([N+](=O)[O-])c1CBr. The number of esters is 1. The van der Waals surface area contributed by atoms with Gasteiger partial charge in [-0.2, -0.15) is 0 Å². The van der Waals surface area contributed by atoms with Gasteiger partial charge in [-0.3, -0.25) is 10.1 Å². The summed E-state index contributed by atoms with van der Waals surface area (Å²) in [6.45, 7) is 1.90. The number of carbonyl (C=O) groups excluding carboxylic acids is 1. The smallest absolute Gasteiger partial charge is 0.338 e. The van der Waals surface area contributed by atoms with E-state index in [9.17, 15) is 14.9 Å². The number of nitro benzene ring substituents is 1. The minimum atomic E-state index is -0.564. The van der Waals surface area contributed by atoms with Gasteiger partial charge in [0.25, 0.3) is 5.69 Å². The van der Waals surface area contributed by atoms with Gasteiger partial charge in [-0.1, -0.05) is 31.9 Å². The molecule has 0 aliphatic rings. The molecule has 0 radical (unpaired) electrons. The fourth-order valence-corrected chi connectivity index (χ4v) is 2.35. The monoisotopic (exact) mass is 365 g/mol. The van der Waals surface area contributed by atoms with Crippen molar-refractivity contribution < 1.29 is 14.5 Å². The Hall–Kier alpha value is -0.950. The fourth-order valence-electron chi connectivity index (χ4n) is 1.32. The van der Waals surface area contributed by atoms with Crippen LogP contribution in [0, 0.1) is 10.1 Å². The Bertz CT molecular complexity index is 462. The van der Waals surface area contributed by atoms with E-state index in [4.69, 9.17) is 4.74 Å². The van der Waals surface area contributed by atoms with Crippen LogP contribution < -0.4 is 0 Å². The standard InChI is InChI=1S/C10H9Br2NO4/c1-2-17-10(14)7-3-6(12)4-9(13(15)16)8(7)5-11/h3-4H,2,5H2,1H3. The van der Waals surface area contributed by atoms with Crippen molar-refractivity contribution in [3.63, 3.8) is 0 Å². The molecule has 0 aromatic heterocycles. The summed E-state index contributed by atoms with van der Waals surface area (Å²) >= 11 is 6.28. The van der Waals surface area contributed by atoms with E-state index in [2.05, 4.69) is 31.9 Å². The molecular formula is C10H9Br2NO4. The van der Waals surface area contributed by atoms with Crippen molar-refractivity contribution in [3.05, 3.63) is 37.8 Å². The molecule has 0 atom stereocenters. The Morgan fingerprint density at radius 1 is 1.53 bits per heavy atom. The molecule has 1 aromatic carbocycles. The van der Waals surface area contributed by atoms with Gasteiger partial charge in [-0.25, -0.2) is 4.79 Å². The Morgan fingerprint density at radius 2 is 2.18 bits per heavy atom. The summed E-state index contributed by atoms with van der Waals surface area (Å²) in [5.74, 6) is -0.564. The number of hydrogen-bond acceptors (Lipinski definition) is 4. The van der Waals surface area contributed by atoms with Crippen molar-refractivity contribution in [1.29, 1.82) is 0 Å². The lowest BCUT2D eigenvalue weighted by Gasteiger charge is -2.08. The van der Waals surface area contributed by atoms with Crippen LogP contribution in [-0.4, -0.2) is 17.5 Å². The van der Waals surface area contributed by atoms with Gasteiger partial charge in [0.15, 0.2) is 0 Å². The summed E-state index contributed by atoms with van der Waals surface area (Å²) in [6, 6.07) is 2.88. The topological polar surface area (TPSA) is 69.4 Å². The van der Waals surface area contributed by atoms with Crippen LogP contribution in [0.3, 0.4) is 0 Å². The molecule has 7 heteroatoms. The van der Waals surface area contributed by atoms with Crippen molar-refractivity contribution in [2.24, 2.45) is 0 Å². The predicted molar refractivity (Wildman–Crippen MR) is 69.4 cm³/mol. The van der Waals surface area contributed by atoms with Crippen LogP contribution in [0.25, 0.3) is 0 Å². The van der Waals surface area contributed by atoms with Crippen molar-refractivity contribution in [3.8, 4) is 0 Å². The van der Waals surface area contributed by atoms with Gasteiger partial charge in [0, 0.05) is 15.9 Å². The number of rotatable bonds is 4. The fraction of sp³-hybridized carbons (Fsp3) is 0.300. The predicted octanol–water partition coefficient (Wildman–Crippen LogP) is 3.43. The van der Waals surface area contributed by atoms with Crippen molar-refractivity contribution in [1.82, 2.24) is 0 Å². The lowest BCUT2D eigenvalue weighted by Crippen LogP contribution is -2.09. The zero-order valence-corrected chi connectivity index (χ0v) is 12.1. The summed E-state index contributed by atoms with van der Waals surface area (Å²) in [5, 5.41) is 11.1. The number of benzene rings is 1. The Labute approximate surface area is 115 Å². The summed E-state index contributed by atoms with van der Waals surface area (Å²) in [4.78, 5) is 22.0. The molecule has 0 amide bonds. The van der Waals surface area contributed by atoms with Gasteiger partial charge in [0.05, 0.1) is 22.7 Å². The highest BCUT2D eigenvalue weighted by Gasteiger charge is 2.22. The van der Waals surface area contributed by atoms with E-state index in [0.29, 0.717) is 10.0 Å². The van der Waals surface area contributed by atoms with E-state index in [1.807, 2.05) is 0 Å². The average Bonchev–Trinajstić information content (AvgIpc) is 2.28. The molecule has 1 aromatic rings. The number of hydrogen-bond donors (Lipinski definition) is 0. The van der Waals surface area contributed by atoms with Crippen LogP contribution in [0.4, 0.5) is 5.69 Å². The summed E-state index contributed by atoms with van der Waals surface area (Å²) < 4.78 is 5.33.